The van der Waals surface area contributed by atoms with E-state index in [0.29, 0.717) is 12.4 Å². The van der Waals surface area contributed by atoms with Gasteiger partial charge in [-0.25, -0.2) is 9.97 Å². The molecule has 6 heteroatoms. The van der Waals surface area contributed by atoms with E-state index in [9.17, 15) is 0 Å². The lowest BCUT2D eigenvalue weighted by atomic mass is 9.80. The lowest BCUT2D eigenvalue weighted by Crippen LogP contribution is -2.45. The van der Waals surface area contributed by atoms with E-state index in [-0.39, 0.29) is 0 Å². The van der Waals surface area contributed by atoms with Crippen molar-refractivity contribution in [1.29, 1.82) is 0 Å². The van der Waals surface area contributed by atoms with Gasteiger partial charge in [-0.15, -0.1) is 0 Å². The Labute approximate surface area is 159 Å². The first-order valence-electron chi connectivity index (χ1n) is 9.01. The summed E-state index contributed by atoms with van der Waals surface area (Å²) >= 11 is 0. The zero-order chi connectivity index (χ0) is 18.8. The maximum atomic E-state index is 6.45. The minimum absolute atomic E-state index is 0.510. The van der Waals surface area contributed by atoms with E-state index in [1.165, 1.54) is 0 Å². The first-order chi connectivity index (χ1) is 12.9. The van der Waals surface area contributed by atoms with Crippen LogP contribution in [0.25, 0.3) is 22.1 Å². The van der Waals surface area contributed by atoms with Crippen LogP contribution in [0.4, 0.5) is 17.2 Å². The van der Waals surface area contributed by atoms with Crippen LogP contribution in [0, 0.1) is 6.92 Å². The summed E-state index contributed by atoms with van der Waals surface area (Å²) in [6, 6.07) is 12.2. The maximum absolute atomic E-state index is 6.45. The molecule has 5 rings (SSSR count). The zero-order valence-corrected chi connectivity index (χ0v) is 15.6. The van der Waals surface area contributed by atoms with Crippen molar-refractivity contribution in [3.8, 4) is 0 Å². The third-order valence-electron chi connectivity index (χ3n) is 5.15. The van der Waals surface area contributed by atoms with Gasteiger partial charge in [-0.1, -0.05) is 26.0 Å². The Kier molecular flexibility index (Phi) is 3.29. The summed E-state index contributed by atoms with van der Waals surface area (Å²) in [5, 5.41) is 2.08. The third-order valence-corrected chi connectivity index (χ3v) is 5.15. The summed E-state index contributed by atoms with van der Waals surface area (Å²) in [4.78, 5) is 13.4. The molecule has 0 bridgehead atoms. The van der Waals surface area contributed by atoms with Crippen molar-refractivity contribution in [1.82, 2.24) is 9.97 Å². The monoisotopic (exact) mass is 354 g/mol. The average Bonchev–Trinajstić information content (AvgIpc) is 3.20. The molecule has 0 saturated carbocycles. The minimum Gasteiger partial charge on any atom is -0.435 e. The van der Waals surface area contributed by atoms with Gasteiger partial charge in [0.1, 0.15) is 7.85 Å². The largest absolute Gasteiger partial charge is 0.435 e. The second-order valence-electron chi connectivity index (χ2n) is 7.56. The van der Waals surface area contributed by atoms with Crippen molar-refractivity contribution >= 4 is 47.1 Å². The highest BCUT2D eigenvalue weighted by molar-refractivity contribution is 6.17. The second-order valence-corrected chi connectivity index (χ2v) is 7.56. The van der Waals surface area contributed by atoms with Gasteiger partial charge in [0.25, 0.3) is 0 Å². The van der Waals surface area contributed by atoms with Gasteiger partial charge in [0, 0.05) is 23.2 Å². The van der Waals surface area contributed by atoms with Gasteiger partial charge in [-0.05, 0) is 42.2 Å². The second kappa shape index (κ2) is 5.49. The number of furan rings is 1. The Bertz CT molecular complexity index is 1180. The molecular formula is C21H19BN4O. The van der Waals surface area contributed by atoms with Gasteiger partial charge in [0.05, 0.1) is 18.0 Å². The number of rotatable bonds is 2. The molecule has 4 aromatic rings. The lowest BCUT2D eigenvalue weighted by Gasteiger charge is -2.35. The van der Waals surface area contributed by atoms with Crippen LogP contribution < -0.4 is 9.80 Å². The zero-order valence-electron chi connectivity index (χ0n) is 15.6. The van der Waals surface area contributed by atoms with Gasteiger partial charge in [0.2, 0.25) is 5.71 Å². The molecule has 0 aliphatic carbocycles. The SMILES string of the molecule is [B]C(C)(C)N1CN(c2c(C)ccc3c2oc2ncccc23)c2ncccc21. The number of fused-ring (bicyclic) bond motifs is 4. The van der Waals surface area contributed by atoms with Gasteiger partial charge < -0.3 is 14.2 Å². The topological polar surface area (TPSA) is 45.4 Å². The predicted octanol–water partition coefficient (Wildman–Crippen LogP) is 4.50. The van der Waals surface area contributed by atoms with E-state index in [1.54, 1.807) is 6.20 Å². The van der Waals surface area contributed by atoms with Crippen LogP contribution in [0.3, 0.4) is 0 Å². The Balaban J connectivity index is 1.78. The number of pyridine rings is 2. The first-order valence-corrected chi connectivity index (χ1v) is 9.01. The molecule has 0 spiro atoms. The van der Waals surface area contributed by atoms with Gasteiger partial charge in [0.15, 0.2) is 11.4 Å². The average molecular weight is 354 g/mol. The molecule has 4 heterocycles. The molecule has 1 aromatic carbocycles. The number of aryl methyl sites for hydroxylation is 1. The highest BCUT2D eigenvalue weighted by atomic mass is 16.3. The van der Waals surface area contributed by atoms with Crippen LogP contribution in [0.15, 0.2) is 53.2 Å². The van der Waals surface area contributed by atoms with E-state index in [0.717, 1.165) is 39.1 Å². The van der Waals surface area contributed by atoms with E-state index in [1.807, 2.05) is 38.2 Å². The molecule has 0 N–H and O–H groups in total. The van der Waals surface area contributed by atoms with E-state index in [2.05, 4.69) is 44.9 Å². The maximum Gasteiger partial charge on any atom is 0.227 e. The highest BCUT2D eigenvalue weighted by Gasteiger charge is 2.36. The fraction of sp³-hybridized carbons (Fsp3) is 0.238. The molecule has 0 atom stereocenters. The molecule has 1 aliphatic heterocycles. The Morgan fingerprint density at radius 2 is 1.81 bits per heavy atom. The highest BCUT2D eigenvalue weighted by Crippen LogP contribution is 2.46. The minimum atomic E-state index is -0.510. The van der Waals surface area contributed by atoms with Crippen molar-refractivity contribution in [2.75, 3.05) is 16.5 Å². The van der Waals surface area contributed by atoms with Crippen molar-refractivity contribution < 1.29 is 4.42 Å². The third kappa shape index (κ3) is 2.32. The molecule has 1 aliphatic rings. The van der Waals surface area contributed by atoms with Crippen LogP contribution in [0.5, 0.6) is 0 Å². The summed E-state index contributed by atoms with van der Waals surface area (Å²) in [7, 11) is 6.45. The Hall–Kier alpha value is -3.02. The van der Waals surface area contributed by atoms with Crippen LogP contribution in [0.1, 0.15) is 19.4 Å². The normalized spacial score (nSPS) is 14.3. The van der Waals surface area contributed by atoms with E-state index >= 15 is 0 Å². The molecule has 0 unspecified atom stereocenters. The quantitative estimate of drug-likeness (QED) is 0.496. The first kappa shape index (κ1) is 16.2. The molecule has 3 aromatic heterocycles. The number of nitrogens with zero attached hydrogens (tertiary/aromatic N) is 4. The predicted molar refractivity (Wildman–Crippen MR) is 110 cm³/mol. The van der Waals surface area contributed by atoms with Crippen molar-refractivity contribution in [3.05, 3.63) is 54.4 Å². The van der Waals surface area contributed by atoms with E-state index < -0.39 is 5.44 Å². The van der Waals surface area contributed by atoms with Crippen molar-refractivity contribution in [3.63, 3.8) is 0 Å². The molecule has 27 heavy (non-hydrogen) atoms. The van der Waals surface area contributed by atoms with Crippen molar-refractivity contribution in [2.24, 2.45) is 0 Å². The van der Waals surface area contributed by atoms with E-state index in [4.69, 9.17) is 12.3 Å². The molecule has 0 fully saturated rings. The summed E-state index contributed by atoms with van der Waals surface area (Å²) in [5.74, 6) is 0.889. The summed E-state index contributed by atoms with van der Waals surface area (Å²) in [6.45, 7) is 6.71. The fourth-order valence-electron chi connectivity index (χ4n) is 3.86. The summed E-state index contributed by atoms with van der Waals surface area (Å²) < 4.78 is 6.18. The number of hydrogen-bond donors (Lipinski definition) is 0. The summed E-state index contributed by atoms with van der Waals surface area (Å²) in [5.41, 5.74) is 4.12. The van der Waals surface area contributed by atoms with Crippen LogP contribution in [-0.4, -0.2) is 29.9 Å². The molecular weight excluding hydrogens is 335 g/mol. The lowest BCUT2D eigenvalue weighted by molar-refractivity contribution is 0.635. The smallest absolute Gasteiger partial charge is 0.227 e. The van der Waals surface area contributed by atoms with Gasteiger partial charge in [-0.2, -0.15) is 0 Å². The Morgan fingerprint density at radius 3 is 2.63 bits per heavy atom. The van der Waals surface area contributed by atoms with Crippen molar-refractivity contribution in [2.45, 2.75) is 26.2 Å². The number of hydrogen-bond acceptors (Lipinski definition) is 5. The van der Waals surface area contributed by atoms with Crippen LogP contribution in [0.2, 0.25) is 0 Å². The van der Waals surface area contributed by atoms with Crippen LogP contribution in [-0.2, 0) is 0 Å². The number of anilines is 3. The molecule has 5 nitrogen and oxygen atoms in total. The fourth-order valence-corrected chi connectivity index (χ4v) is 3.86. The van der Waals surface area contributed by atoms with Crippen LogP contribution >= 0.6 is 0 Å². The number of benzene rings is 1. The Morgan fingerprint density at radius 1 is 1.04 bits per heavy atom. The molecule has 0 saturated heterocycles. The molecule has 2 radical (unpaired) electrons. The summed E-state index contributed by atoms with van der Waals surface area (Å²) in [6.07, 6.45) is 3.57. The number of aromatic nitrogens is 2. The van der Waals surface area contributed by atoms with Gasteiger partial charge >= 0.3 is 0 Å². The molecule has 132 valence electrons. The van der Waals surface area contributed by atoms with Gasteiger partial charge in [-0.3, -0.25) is 0 Å². The molecule has 0 amide bonds. The standard InChI is InChI=1S/C21H19BN4O/c1-13-8-9-14-15-6-4-11-24-20(15)27-18(14)17(13)25-12-26(21(2,3)22)16-7-5-10-23-19(16)25/h4-11H,12H2,1-3H3.